The molecule has 0 radical (unpaired) electrons. The minimum absolute atomic E-state index is 0.256. The number of ether oxygens (including phenoxy) is 1. The van der Waals surface area contributed by atoms with Crippen LogP contribution in [0.1, 0.15) is 0 Å². The van der Waals surface area contributed by atoms with Crippen LogP contribution in [0.3, 0.4) is 0 Å². The third kappa shape index (κ3) is 1.24. The molecular formula is C9H8N2O3. The fraction of sp³-hybridized carbons (Fsp3) is 0. The Labute approximate surface area is 79.1 Å². The van der Waals surface area contributed by atoms with Crippen LogP contribution in [0.4, 0.5) is 10.5 Å². The number of benzene rings is 1. The van der Waals surface area contributed by atoms with Gasteiger partial charge in [0, 0.05) is 17.3 Å². The number of nitrogens with one attached hydrogen (secondary N) is 1. The van der Waals surface area contributed by atoms with Crippen molar-refractivity contribution in [2.24, 2.45) is 0 Å². The monoisotopic (exact) mass is 192 g/mol. The molecule has 0 fully saturated rings. The number of fused-ring (bicyclic) bond motifs is 1. The molecule has 1 aromatic heterocycles. The summed E-state index contributed by atoms with van der Waals surface area (Å²) in [5, 5.41) is 9.22. The molecule has 0 saturated heterocycles. The van der Waals surface area contributed by atoms with Gasteiger partial charge in [-0.05, 0) is 18.2 Å². The van der Waals surface area contributed by atoms with Gasteiger partial charge in [0.25, 0.3) is 0 Å². The lowest BCUT2D eigenvalue weighted by atomic mass is 10.2. The van der Waals surface area contributed by atoms with Crippen molar-refractivity contribution in [3.63, 3.8) is 0 Å². The Morgan fingerprint density at radius 2 is 2.21 bits per heavy atom. The summed E-state index contributed by atoms with van der Waals surface area (Å²) in [6.45, 7) is 0. The van der Waals surface area contributed by atoms with Crippen LogP contribution in [0.2, 0.25) is 0 Å². The van der Waals surface area contributed by atoms with Crippen molar-refractivity contribution >= 4 is 22.7 Å². The first kappa shape index (κ1) is 8.43. The number of carbonyl (C=O) groups is 1. The van der Waals surface area contributed by atoms with E-state index in [0.717, 1.165) is 5.39 Å². The zero-order valence-corrected chi connectivity index (χ0v) is 7.15. The average Bonchev–Trinajstić information content (AvgIpc) is 2.58. The number of hydrogen-bond acceptors (Lipinski definition) is 3. The van der Waals surface area contributed by atoms with Gasteiger partial charge in [-0.3, -0.25) is 0 Å². The van der Waals surface area contributed by atoms with Crippen molar-refractivity contribution in [3.05, 3.63) is 24.4 Å². The summed E-state index contributed by atoms with van der Waals surface area (Å²) in [5.41, 5.74) is 6.85. The largest absolute Gasteiger partial charge is 0.511 e. The molecule has 5 heteroatoms. The summed E-state index contributed by atoms with van der Waals surface area (Å²) in [7, 11) is 0. The summed E-state index contributed by atoms with van der Waals surface area (Å²) >= 11 is 0. The Kier molecular flexibility index (Phi) is 1.78. The molecule has 0 aliphatic heterocycles. The normalized spacial score (nSPS) is 10.3. The van der Waals surface area contributed by atoms with E-state index in [0.29, 0.717) is 11.2 Å². The highest BCUT2D eigenvalue weighted by molar-refractivity contribution is 5.95. The molecule has 0 aliphatic rings. The molecule has 4 N–H and O–H groups in total. The van der Waals surface area contributed by atoms with Crippen molar-refractivity contribution in [1.82, 2.24) is 4.98 Å². The standard InChI is InChI=1S/C9H8N2O3/c10-6-1-2-7(14-9(12)13)8-5(6)3-4-11-8/h1-4,11H,10H2,(H,12,13). The van der Waals surface area contributed by atoms with Crippen LogP contribution >= 0.6 is 0 Å². The van der Waals surface area contributed by atoms with Crippen molar-refractivity contribution in [1.29, 1.82) is 0 Å². The van der Waals surface area contributed by atoms with Crippen molar-refractivity contribution in [2.45, 2.75) is 0 Å². The lowest BCUT2D eigenvalue weighted by Gasteiger charge is -2.02. The predicted octanol–water partition coefficient (Wildman–Crippen LogP) is 1.81. The molecule has 0 aliphatic carbocycles. The van der Waals surface area contributed by atoms with E-state index in [2.05, 4.69) is 9.72 Å². The van der Waals surface area contributed by atoms with Gasteiger partial charge in [-0.25, -0.2) is 4.79 Å². The lowest BCUT2D eigenvalue weighted by molar-refractivity contribution is 0.145. The molecule has 2 rings (SSSR count). The number of nitrogen functional groups attached to an aromatic ring is 1. The first-order chi connectivity index (χ1) is 6.68. The maximum atomic E-state index is 10.4. The zero-order chi connectivity index (χ0) is 10.1. The van der Waals surface area contributed by atoms with Gasteiger partial charge in [0.05, 0.1) is 5.52 Å². The summed E-state index contributed by atoms with van der Waals surface area (Å²) in [5.74, 6) is 0.256. The van der Waals surface area contributed by atoms with Crippen LogP contribution in [0, 0.1) is 0 Å². The molecule has 0 spiro atoms. The summed E-state index contributed by atoms with van der Waals surface area (Å²) in [4.78, 5) is 13.2. The number of aromatic amines is 1. The van der Waals surface area contributed by atoms with Crippen LogP contribution < -0.4 is 10.5 Å². The van der Waals surface area contributed by atoms with E-state index in [9.17, 15) is 4.79 Å². The number of aromatic nitrogens is 1. The Hall–Kier alpha value is -2.17. The van der Waals surface area contributed by atoms with Gasteiger partial charge < -0.3 is 20.6 Å². The third-order valence-electron chi connectivity index (χ3n) is 1.92. The smallest absolute Gasteiger partial charge is 0.449 e. The molecule has 5 nitrogen and oxygen atoms in total. The molecule has 0 amide bonds. The van der Waals surface area contributed by atoms with Gasteiger partial charge in [-0.15, -0.1) is 0 Å². The fourth-order valence-electron chi connectivity index (χ4n) is 1.33. The fourth-order valence-corrected chi connectivity index (χ4v) is 1.33. The highest BCUT2D eigenvalue weighted by atomic mass is 16.7. The van der Waals surface area contributed by atoms with E-state index in [1.165, 1.54) is 6.07 Å². The maximum Gasteiger partial charge on any atom is 0.511 e. The second-order valence-electron chi connectivity index (χ2n) is 2.79. The highest BCUT2D eigenvalue weighted by Crippen LogP contribution is 2.28. The SMILES string of the molecule is Nc1ccc(OC(=O)O)c2[nH]ccc12. The Morgan fingerprint density at radius 3 is 2.93 bits per heavy atom. The predicted molar refractivity (Wildman–Crippen MR) is 51.4 cm³/mol. The van der Waals surface area contributed by atoms with E-state index in [4.69, 9.17) is 10.8 Å². The zero-order valence-electron chi connectivity index (χ0n) is 7.15. The summed E-state index contributed by atoms with van der Waals surface area (Å²) < 4.78 is 4.57. The Bertz CT molecular complexity index is 490. The molecule has 0 unspecified atom stereocenters. The molecule has 0 saturated carbocycles. The first-order valence-corrected chi connectivity index (χ1v) is 3.95. The van der Waals surface area contributed by atoms with Gasteiger partial charge in [0.2, 0.25) is 0 Å². The molecule has 14 heavy (non-hydrogen) atoms. The number of H-pyrrole nitrogens is 1. The van der Waals surface area contributed by atoms with Gasteiger partial charge in [0.15, 0.2) is 5.75 Å². The molecule has 0 bridgehead atoms. The van der Waals surface area contributed by atoms with Gasteiger partial charge in [-0.1, -0.05) is 0 Å². The Morgan fingerprint density at radius 1 is 1.43 bits per heavy atom. The quantitative estimate of drug-likeness (QED) is 0.365. The second-order valence-corrected chi connectivity index (χ2v) is 2.79. The molecule has 0 atom stereocenters. The van der Waals surface area contributed by atoms with E-state index in [1.807, 2.05) is 0 Å². The number of rotatable bonds is 1. The summed E-state index contributed by atoms with van der Waals surface area (Å²) in [6.07, 6.45) is 0.334. The molecule has 1 aromatic carbocycles. The van der Waals surface area contributed by atoms with Crippen molar-refractivity contribution in [2.75, 3.05) is 5.73 Å². The topological polar surface area (TPSA) is 88.3 Å². The van der Waals surface area contributed by atoms with E-state index in [-0.39, 0.29) is 5.75 Å². The molecular weight excluding hydrogens is 184 g/mol. The van der Waals surface area contributed by atoms with Crippen LogP contribution in [-0.4, -0.2) is 16.2 Å². The molecule has 72 valence electrons. The average molecular weight is 192 g/mol. The summed E-state index contributed by atoms with van der Waals surface area (Å²) in [6, 6.07) is 4.89. The van der Waals surface area contributed by atoms with Gasteiger partial charge in [0.1, 0.15) is 0 Å². The van der Waals surface area contributed by atoms with Crippen LogP contribution in [0.15, 0.2) is 24.4 Å². The van der Waals surface area contributed by atoms with Crippen LogP contribution in [-0.2, 0) is 0 Å². The van der Waals surface area contributed by atoms with Crippen molar-refractivity contribution < 1.29 is 14.6 Å². The van der Waals surface area contributed by atoms with E-state index in [1.54, 1.807) is 18.3 Å². The number of carboxylic acid groups (broad SMARTS) is 1. The van der Waals surface area contributed by atoms with Crippen LogP contribution in [0.5, 0.6) is 5.75 Å². The molecule has 1 heterocycles. The van der Waals surface area contributed by atoms with Crippen LogP contribution in [0.25, 0.3) is 10.9 Å². The second kappa shape index (κ2) is 2.95. The minimum atomic E-state index is -1.34. The third-order valence-corrected chi connectivity index (χ3v) is 1.92. The first-order valence-electron chi connectivity index (χ1n) is 3.95. The lowest BCUT2D eigenvalue weighted by Crippen LogP contribution is -2.03. The Balaban J connectivity index is 2.60. The number of anilines is 1. The minimum Gasteiger partial charge on any atom is -0.449 e. The molecule has 2 aromatic rings. The number of hydrogen-bond donors (Lipinski definition) is 3. The van der Waals surface area contributed by atoms with Crippen molar-refractivity contribution in [3.8, 4) is 5.75 Å². The highest BCUT2D eigenvalue weighted by Gasteiger charge is 2.08. The van der Waals surface area contributed by atoms with E-state index >= 15 is 0 Å². The maximum absolute atomic E-state index is 10.4. The van der Waals surface area contributed by atoms with Gasteiger partial charge >= 0.3 is 6.16 Å². The van der Waals surface area contributed by atoms with Gasteiger partial charge in [-0.2, -0.15) is 0 Å². The number of nitrogens with two attached hydrogens (primary N) is 1. The van der Waals surface area contributed by atoms with E-state index < -0.39 is 6.16 Å².